The molecule has 0 bridgehead atoms. The third kappa shape index (κ3) is 1.75. The largest absolute Gasteiger partial charge is 0.391 e. The fourth-order valence-corrected chi connectivity index (χ4v) is 3.17. The quantitative estimate of drug-likeness (QED) is 0.661. The van der Waals surface area contributed by atoms with E-state index < -0.39 is 6.10 Å². The zero-order valence-electron chi connectivity index (χ0n) is 9.85. The van der Waals surface area contributed by atoms with E-state index in [9.17, 15) is 14.7 Å². The smallest absolute Gasteiger partial charge is 0.220 e. The molecule has 1 heterocycles. The lowest BCUT2D eigenvalue weighted by Crippen LogP contribution is -2.60. The number of likely N-dealkylation sites (tertiary alicyclic amines) is 1. The highest BCUT2D eigenvalue weighted by Crippen LogP contribution is 2.36. The van der Waals surface area contributed by atoms with Crippen LogP contribution >= 0.6 is 0 Å². The van der Waals surface area contributed by atoms with E-state index in [1.54, 1.807) is 4.90 Å². The topological polar surface area (TPSA) is 57.6 Å². The Labute approximate surface area is 95.6 Å². The lowest BCUT2D eigenvalue weighted by Gasteiger charge is -2.48. The van der Waals surface area contributed by atoms with Crippen LogP contribution in [-0.4, -0.2) is 39.9 Å². The third-order valence-corrected chi connectivity index (χ3v) is 4.01. The molecular weight excluding hydrogens is 206 g/mol. The van der Waals surface area contributed by atoms with Gasteiger partial charge in [0.2, 0.25) is 5.91 Å². The zero-order chi connectivity index (χ0) is 11.9. The molecule has 1 saturated carbocycles. The summed E-state index contributed by atoms with van der Waals surface area (Å²) in [5, 5.41) is 9.91. The number of hydrogen-bond acceptors (Lipinski definition) is 3. The molecule has 0 aromatic carbocycles. The van der Waals surface area contributed by atoms with Gasteiger partial charge in [-0.2, -0.15) is 0 Å². The van der Waals surface area contributed by atoms with Crippen molar-refractivity contribution in [2.75, 3.05) is 0 Å². The molecule has 2 rings (SSSR count). The van der Waals surface area contributed by atoms with Crippen molar-refractivity contribution < 1.29 is 14.7 Å². The fraction of sp³-hybridized carbons (Fsp3) is 0.833. The van der Waals surface area contributed by atoms with Crippen LogP contribution in [-0.2, 0) is 9.59 Å². The van der Waals surface area contributed by atoms with Gasteiger partial charge >= 0.3 is 0 Å². The maximum atomic E-state index is 11.8. The van der Waals surface area contributed by atoms with Crippen LogP contribution in [0.5, 0.6) is 0 Å². The standard InChI is InChI=1S/C12H19NO3/c1-7-12(16)6-9-10(13(7)8(2)14)4-3-5-11(9)15/h7,9-10,12,16H,3-6H2,1-2H3/t7-,9-,10-,12-/m0/s1. The molecule has 4 nitrogen and oxygen atoms in total. The summed E-state index contributed by atoms with van der Waals surface area (Å²) in [6.07, 6.45) is 2.33. The predicted molar refractivity (Wildman–Crippen MR) is 58.7 cm³/mol. The van der Waals surface area contributed by atoms with Gasteiger partial charge in [0, 0.05) is 25.3 Å². The molecule has 0 spiro atoms. The molecular formula is C12H19NO3. The number of nitrogens with zero attached hydrogens (tertiary/aromatic N) is 1. The van der Waals surface area contributed by atoms with E-state index in [0.29, 0.717) is 12.8 Å². The minimum atomic E-state index is -0.563. The molecule has 16 heavy (non-hydrogen) atoms. The average Bonchev–Trinajstić information content (AvgIpc) is 2.21. The number of aliphatic hydroxyl groups excluding tert-OH is 1. The molecule has 1 N–H and O–H groups in total. The molecule has 4 heteroatoms. The molecule has 0 radical (unpaired) electrons. The van der Waals surface area contributed by atoms with Crippen LogP contribution in [0.15, 0.2) is 0 Å². The summed E-state index contributed by atoms with van der Waals surface area (Å²) in [7, 11) is 0. The van der Waals surface area contributed by atoms with E-state index >= 15 is 0 Å². The monoisotopic (exact) mass is 225 g/mol. The van der Waals surface area contributed by atoms with Gasteiger partial charge in [0.15, 0.2) is 0 Å². The number of fused-ring (bicyclic) bond motifs is 1. The molecule has 2 aliphatic rings. The normalized spacial score (nSPS) is 39.4. The molecule has 90 valence electrons. The first-order valence-electron chi connectivity index (χ1n) is 6.02. The predicted octanol–water partition coefficient (Wildman–Crippen LogP) is 0.726. The van der Waals surface area contributed by atoms with Crippen LogP contribution in [0.3, 0.4) is 0 Å². The molecule has 0 aromatic rings. The summed E-state index contributed by atoms with van der Waals surface area (Å²) in [6.45, 7) is 3.38. The van der Waals surface area contributed by atoms with Gasteiger partial charge < -0.3 is 10.0 Å². The molecule has 0 aromatic heterocycles. The van der Waals surface area contributed by atoms with Gasteiger partial charge in [-0.25, -0.2) is 0 Å². The Morgan fingerprint density at radius 2 is 2.19 bits per heavy atom. The minimum absolute atomic E-state index is 0.0251. The Hall–Kier alpha value is -0.900. The van der Waals surface area contributed by atoms with Crippen LogP contribution in [0, 0.1) is 5.92 Å². The van der Waals surface area contributed by atoms with Crippen molar-refractivity contribution in [1.29, 1.82) is 0 Å². The van der Waals surface area contributed by atoms with Gasteiger partial charge in [-0.1, -0.05) is 0 Å². The number of rotatable bonds is 0. The van der Waals surface area contributed by atoms with Crippen LogP contribution in [0.2, 0.25) is 0 Å². The van der Waals surface area contributed by atoms with Gasteiger partial charge in [0.05, 0.1) is 12.1 Å². The van der Waals surface area contributed by atoms with Crippen molar-refractivity contribution >= 4 is 11.7 Å². The average molecular weight is 225 g/mol. The Balaban J connectivity index is 2.27. The number of carbonyl (C=O) groups is 2. The summed E-state index contributed by atoms with van der Waals surface area (Å²) >= 11 is 0. The lowest BCUT2D eigenvalue weighted by atomic mass is 9.74. The van der Waals surface area contributed by atoms with E-state index in [4.69, 9.17) is 0 Å². The summed E-state index contributed by atoms with van der Waals surface area (Å²) in [5.41, 5.74) is 0. The lowest BCUT2D eigenvalue weighted by molar-refractivity contribution is -0.151. The second kappa shape index (κ2) is 4.17. The van der Waals surface area contributed by atoms with Crippen LogP contribution in [0.25, 0.3) is 0 Å². The van der Waals surface area contributed by atoms with Crippen molar-refractivity contribution in [3.63, 3.8) is 0 Å². The second-order valence-corrected chi connectivity index (χ2v) is 5.00. The number of aliphatic hydroxyl groups is 1. The van der Waals surface area contributed by atoms with E-state index in [0.717, 1.165) is 12.8 Å². The molecule has 1 saturated heterocycles. The molecule has 1 aliphatic carbocycles. The summed E-state index contributed by atoms with van der Waals surface area (Å²) < 4.78 is 0. The van der Waals surface area contributed by atoms with Crippen molar-refractivity contribution in [1.82, 2.24) is 4.90 Å². The first-order valence-corrected chi connectivity index (χ1v) is 6.02. The number of hydrogen-bond donors (Lipinski definition) is 1. The van der Waals surface area contributed by atoms with Crippen molar-refractivity contribution in [2.24, 2.45) is 5.92 Å². The number of piperidine rings is 1. The highest BCUT2D eigenvalue weighted by molar-refractivity contribution is 5.84. The Kier molecular flexibility index (Phi) is 3.02. The second-order valence-electron chi connectivity index (χ2n) is 5.00. The highest BCUT2D eigenvalue weighted by Gasteiger charge is 2.45. The van der Waals surface area contributed by atoms with Gasteiger partial charge in [-0.15, -0.1) is 0 Å². The fourth-order valence-electron chi connectivity index (χ4n) is 3.17. The van der Waals surface area contributed by atoms with Crippen LogP contribution in [0.1, 0.15) is 39.5 Å². The molecule has 2 fully saturated rings. The minimum Gasteiger partial charge on any atom is -0.391 e. The number of amides is 1. The van der Waals surface area contributed by atoms with E-state index in [1.165, 1.54) is 6.92 Å². The van der Waals surface area contributed by atoms with Gasteiger partial charge in [0.25, 0.3) is 0 Å². The summed E-state index contributed by atoms with van der Waals surface area (Å²) in [5.74, 6) is 0.0493. The van der Waals surface area contributed by atoms with Crippen LogP contribution in [0.4, 0.5) is 0 Å². The summed E-state index contributed by atoms with van der Waals surface area (Å²) in [4.78, 5) is 25.1. The molecule has 4 atom stereocenters. The summed E-state index contributed by atoms with van der Waals surface area (Å²) in [6, 6.07) is -0.137. The maximum Gasteiger partial charge on any atom is 0.220 e. The molecule has 0 unspecified atom stereocenters. The first-order chi connectivity index (χ1) is 7.52. The van der Waals surface area contributed by atoms with Gasteiger partial charge in [-0.3, -0.25) is 9.59 Å². The van der Waals surface area contributed by atoms with E-state index in [1.807, 2.05) is 6.92 Å². The Bertz CT molecular complexity index is 315. The highest BCUT2D eigenvalue weighted by atomic mass is 16.3. The Morgan fingerprint density at radius 3 is 2.81 bits per heavy atom. The molecule has 1 amide bonds. The van der Waals surface area contributed by atoms with E-state index in [2.05, 4.69) is 0 Å². The van der Waals surface area contributed by atoms with Gasteiger partial charge in [0.1, 0.15) is 5.78 Å². The Morgan fingerprint density at radius 1 is 1.50 bits per heavy atom. The van der Waals surface area contributed by atoms with E-state index in [-0.39, 0.29) is 29.7 Å². The maximum absolute atomic E-state index is 11.8. The van der Waals surface area contributed by atoms with Crippen LogP contribution < -0.4 is 0 Å². The van der Waals surface area contributed by atoms with Gasteiger partial charge in [-0.05, 0) is 26.2 Å². The van der Waals surface area contributed by atoms with Crippen molar-refractivity contribution in [3.05, 3.63) is 0 Å². The number of carbonyl (C=O) groups excluding carboxylic acids is 2. The van der Waals surface area contributed by atoms with Crippen molar-refractivity contribution in [3.8, 4) is 0 Å². The molecule has 1 aliphatic heterocycles. The SMILES string of the molecule is CC(=O)N1[C@@H](C)[C@@H](O)C[C@@H]2C(=O)CCC[C@@H]21. The number of ketones is 1. The van der Waals surface area contributed by atoms with Crippen molar-refractivity contribution in [2.45, 2.75) is 57.7 Å². The zero-order valence-corrected chi connectivity index (χ0v) is 9.85. The number of Topliss-reactive ketones (excluding diaryl/α,β-unsaturated/α-hetero) is 1. The third-order valence-electron chi connectivity index (χ3n) is 4.01. The first kappa shape index (κ1) is 11.6.